The standard InChI is InChI=1S/C15H10Cl2F3NO2/c1-23-13-7-11(17)9(15(18,19)20)6-12(13)21-14(22)8-4-2-3-5-10(8)16/h2-7H,1H3,(H,21,22). The molecule has 8 heteroatoms. The van der Waals surface area contributed by atoms with E-state index in [0.717, 1.165) is 12.1 Å². The van der Waals surface area contributed by atoms with Crippen LogP contribution < -0.4 is 10.1 Å². The monoisotopic (exact) mass is 363 g/mol. The van der Waals surface area contributed by atoms with E-state index in [1.54, 1.807) is 12.1 Å². The van der Waals surface area contributed by atoms with E-state index in [2.05, 4.69) is 5.32 Å². The highest BCUT2D eigenvalue weighted by Crippen LogP contribution is 2.40. The highest BCUT2D eigenvalue weighted by Gasteiger charge is 2.34. The lowest BCUT2D eigenvalue weighted by Crippen LogP contribution is -2.15. The van der Waals surface area contributed by atoms with Gasteiger partial charge in [-0.1, -0.05) is 35.3 Å². The zero-order chi connectivity index (χ0) is 17.2. The van der Waals surface area contributed by atoms with Gasteiger partial charge in [0.1, 0.15) is 5.75 Å². The van der Waals surface area contributed by atoms with E-state index in [1.165, 1.54) is 19.2 Å². The number of anilines is 1. The number of ether oxygens (including phenoxy) is 1. The van der Waals surface area contributed by atoms with Crippen LogP contribution >= 0.6 is 23.2 Å². The number of methoxy groups -OCH3 is 1. The summed E-state index contributed by atoms with van der Waals surface area (Å²) in [4.78, 5) is 12.2. The summed E-state index contributed by atoms with van der Waals surface area (Å²) in [5, 5.41) is 2.00. The van der Waals surface area contributed by atoms with Crippen LogP contribution in [-0.4, -0.2) is 13.0 Å². The van der Waals surface area contributed by atoms with Crippen LogP contribution in [0.25, 0.3) is 0 Å². The van der Waals surface area contributed by atoms with Crippen molar-refractivity contribution in [2.45, 2.75) is 6.18 Å². The van der Waals surface area contributed by atoms with Crippen LogP contribution in [0.2, 0.25) is 10.0 Å². The number of amides is 1. The first kappa shape index (κ1) is 17.4. The fourth-order valence-electron chi connectivity index (χ4n) is 1.87. The van der Waals surface area contributed by atoms with Crippen LogP contribution in [0.15, 0.2) is 36.4 Å². The average Bonchev–Trinajstić information content (AvgIpc) is 2.47. The summed E-state index contributed by atoms with van der Waals surface area (Å²) in [6.45, 7) is 0. The van der Waals surface area contributed by atoms with Crippen LogP contribution in [0.3, 0.4) is 0 Å². The third kappa shape index (κ3) is 3.89. The molecule has 3 nitrogen and oxygen atoms in total. The molecule has 0 saturated heterocycles. The smallest absolute Gasteiger partial charge is 0.417 e. The van der Waals surface area contributed by atoms with Gasteiger partial charge in [-0.25, -0.2) is 0 Å². The number of rotatable bonds is 3. The number of halogens is 5. The van der Waals surface area contributed by atoms with Crippen molar-refractivity contribution in [3.05, 3.63) is 57.6 Å². The number of nitrogens with one attached hydrogen (secondary N) is 1. The molecular weight excluding hydrogens is 354 g/mol. The van der Waals surface area contributed by atoms with Crippen LogP contribution in [0, 0.1) is 0 Å². The number of hydrogen-bond donors (Lipinski definition) is 1. The molecule has 0 aliphatic rings. The van der Waals surface area contributed by atoms with E-state index in [4.69, 9.17) is 27.9 Å². The first-order valence-electron chi connectivity index (χ1n) is 6.24. The van der Waals surface area contributed by atoms with Crippen molar-refractivity contribution in [3.8, 4) is 5.75 Å². The molecular formula is C15H10Cl2F3NO2. The molecule has 0 spiro atoms. The summed E-state index contributed by atoms with van der Waals surface area (Å²) in [5.41, 5.74) is -1.11. The maximum Gasteiger partial charge on any atom is 0.417 e. The van der Waals surface area contributed by atoms with Gasteiger partial charge in [-0.05, 0) is 18.2 Å². The highest BCUT2D eigenvalue weighted by atomic mass is 35.5. The van der Waals surface area contributed by atoms with E-state index in [0.29, 0.717) is 0 Å². The van der Waals surface area contributed by atoms with Gasteiger partial charge in [0, 0.05) is 6.07 Å². The van der Waals surface area contributed by atoms with Gasteiger partial charge in [-0.2, -0.15) is 13.2 Å². The Morgan fingerprint density at radius 2 is 1.78 bits per heavy atom. The second-order valence-corrected chi connectivity index (χ2v) is 5.28. The van der Waals surface area contributed by atoms with E-state index in [1.807, 2.05) is 0 Å². The predicted octanol–water partition coefficient (Wildman–Crippen LogP) is 5.27. The molecule has 23 heavy (non-hydrogen) atoms. The van der Waals surface area contributed by atoms with Gasteiger partial charge in [0.15, 0.2) is 0 Å². The van der Waals surface area contributed by atoms with Gasteiger partial charge < -0.3 is 10.1 Å². The molecule has 0 unspecified atom stereocenters. The van der Waals surface area contributed by atoms with E-state index < -0.39 is 22.7 Å². The van der Waals surface area contributed by atoms with E-state index in [9.17, 15) is 18.0 Å². The molecule has 2 rings (SSSR count). The van der Waals surface area contributed by atoms with E-state index >= 15 is 0 Å². The second-order valence-electron chi connectivity index (χ2n) is 4.46. The Labute approximate surface area is 140 Å². The summed E-state index contributed by atoms with van der Waals surface area (Å²) < 4.78 is 43.8. The largest absolute Gasteiger partial charge is 0.495 e. The fraction of sp³-hybridized carbons (Fsp3) is 0.133. The molecule has 0 aliphatic heterocycles. The SMILES string of the molecule is COc1cc(Cl)c(C(F)(F)F)cc1NC(=O)c1ccccc1Cl. The van der Waals surface area contributed by atoms with Gasteiger partial charge in [-0.15, -0.1) is 0 Å². The molecule has 0 atom stereocenters. The van der Waals surface area contributed by atoms with Crippen LogP contribution in [-0.2, 0) is 6.18 Å². The Hall–Kier alpha value is -1.92. The highest BCUT2D eigenvalue weighted by molar-refractivity contribution is 6.34. The molecule has 0 aliphatic carbocycles. The Balaban J connectivity index is 2.43. The normalized spacial score (nSPS) is 11.2. The fourth-order valence-corrected chi connectivity index (χ4v) is 2.36. The number of carbonyl (C=O) groups excluding carboxylic acids is 1. The quantitative estimate of drug-likeness (QED) is 0.806. The molecule has 0 aromatic heterocycles. The Morgan fingerprint density at radius 3 is 2.35 bits per heavy atom. The molecule has 0 fully saturated rings. The zero-order valence-electron chi connectivity index (χ0n) is 11.7. The van der Waals surface area contributed by atoms with Gasteiger partial charge in [0.05, 0.1) is 34.0 Å². The molecule has 122 valence electrons. The van der Waals surface area contributed by atoms with Gasteiger partial charge in [-0.3, -0.25) is 4.79 Å². The van der Waals surface area contributed by atoms with Gasteiger partial charge in [0.2, 0.25) is 0 Å². The molecule has 0 heterocycles. The maximum absolute atomic E-state index is 12.9. The second kappa shape index (κ2) is 6.68. The van der Waals surface area contributed by atoms with E-state index in [-0.39, 0.29) is 22.0 Å². The molecule has 1 amide bonds. The summed E-state index contributed by atoms with van der Waals surface area (Å²) in [6, 6.07) is 7.87. The summed E-state index contributed by atoms with van der Waals surface area (Å²) in [5.74, 6) is -0.659. The Morgan fingerprint density at radius 1 is 1.13 bits per heavy atom. The lowest BCUT2D eigenvalue weighted by atomic mass is 10.1. The Kier molecular flexibility index (Phi) is 5.06. The minimum Gasteiger partial charge on any atom is -0.495 e. The molecule has 2 aromatic rings. The van der Waals surface area contributed by atoms with Crippen LogP contribution in [0.1, 0.15) is 15.9 Å². The van der Waals surface area contributed by atoms with Crippen molar-refractivity contribution in [2.24, 2.45) is 0 Å². The molecule has 0 bridgehead atoms. The summed E-state index contributed by atoms with van der Waals surface area (Å²) >= 11 is 11.5. The molecule has 2 aromatic carbocycles. The topological polar surface area (TPSA) is 38.3 Å². The maximum atomic E-state index is 12.9. The minimum absolute atomic E-state index is 0.00315. The number of carbonyl (C=O) groups is 1. The molecule has 0 radical (unpaired) electrons. The van der Waals surface area contributed by atoms with Crippen LogP contribution in [0.4, 0.5) is 18.9 Å². The predicted molar refractivity (Wildman–Crippen MR) is 82.4 cm³/mol. The third-order valence-electron chi connectivity index (χ3n) is 2.96. The lowest BCUT2D eigenvalue weighted by molar-refractivity contribution is -0.137. The summed E-state index contributed by atoms with van der Waals surface area (Å²) in [6.07, 6.45) is -4.66. The molecule has 1 N–H and O–H groups in total. The van der Waals surface area contributed by atoms with Gasteiger partial charge >= 0.3 is 6.18 Å². The minimum atomic E-state index is -4.66. The third-order valence-corrected chi connectivity index (χ3v) is 3.60. The zero-order valence-corrected chi connectivity index (χ0v) is 13.2. The van der Waals surface area contributed by atoms with Crippen LogP contribution in [0.5, 0.6) is 5.75 Å². The van der Waals surface area contributed by atoms with Crippen molar-refractivity contribution in [1.82, 2.24) is 0 Å². The lowest BCUT2D eigenvalue weighted by Gasteiger charge is -2.15. The van der Waals surface area contributed by atoms with Gasteiger partial charge in [0.25, 0.3) is 5.91 Å². The summed E-state index contributed by atoms with van der Waals surface area (Å²) in [7, 11) is 1.25. The first-order valence-corrected chi connectivity index (χ1v) is 7.00. The van der Waals surface area contributed by atoms with Crippen molar-refractivity contribution >= 4 is 34.8 Å². The van der Waals surface area contributed by atoms with Crippen molar-refractivity contribution in [1.29, 1.82) is 0 Å². The van der Waals surface area contributed by atoms with Crippen molar-refractivity contribution < 1.29 is 22.7 Å². The first-order chi connectivity index (χ1) is 10.7. The number of alkyl halides is 3. The Bertz CT molecular complexity index is 748. The number of hydrogen-bond acceptors (Lipinski definition) is 2. The van der Waals surface area contributed by atoms with Crippen molar-refractivity contribution in [2.75, 3.05) is 12.4 Å². The average molecular weight is 364 g/mol. The van der Waals surface area contributed by atoms with Crippen molar-refractivity contribution in [3.63, 3.8) is 0 Å². The molecule has 0 saturated carbocycles. The number of benzene rings is 2.